The minimum absolute atomic E-state index is 0.0737. The number of aromatic nitrogens is 2. The van der Waals surface area contributed by atoms with Crippen molar-refractivity contribution < 1.29 is 14.7 Å². The quantitative estimate of drug-likeness (QED) is 0.607. The molecule has 2 aromatic carbocycles. The maximum Gasteiger partial charge on any atom is 0.325 e. The molecule has 166 valence electrons. The number of imide groups is 1. The van der Waals surface area contributed by atoms with Crippen LogP contribution < -0.4 is 5.32 Å². The van der Waals surface area contributed by atoms with Gasteiger partial charge in [-0.2, -0.15) is 0 Å². The van der Waals surface area contributed by atoms with Crippen LogP contribution in [0.4, 0.5) is 4.79 Å². The first-order chi connectivity index (χ1) is 15.3. The number of nitrogens with zero attached hydrogens (tertiary/aromatic N) is 3. The van der Waals surface area contributed by atoms with E-state index < -0.39 is 17.7 Å². The topological polar surface area (TPSA) is 87.5 Å². The van der Waals surface area contributed by atoms with Crippen molar-refractivity contribution in [3.8, 4) is 0 Å². The first-order valence-electron chi connectivity index (χ1n) is 11.1. The molecule has 3 aromatic rings. The lowest BCUT2D eigenvalue weighted by Crippen LogP contribution is -2.42. The summed E-state index contributed by atoms with van der Waals surface area (Å²) in [5.41, 5.74) is 6.33. The Bertz CT molecular complexity index is 1250. The molecule has 7 nitrogen and oxygen atoms in total. The van der Waals surface area contributed by atoms with E-state index in [0.29, 0.717) is 0 Å². The number of carbonyl (C=O) groups excluding carboxylic acids is 2. The lowest BCUT2D eigenvalue weighted by atomic mass is 9.89. The number of benzene rings is 2. The van der Waals surface area contributed by atoms with E-state index in [0.717, 1.165) is 51.9 Å². The van der Waals surface area contributed by atoms with Gasteiger partial charge in [-0.3, -0.25) is 9.69 Å². The molecule has 7 heteroatoms. The van der Waals surface area contributed by atoms with Crippen LogP contribution in [0, 0.1) is 13.8 Å². The highest BCUT2D eigenvalue weighted by Crippen LogP contribution is 2.32. The van der Waals surface area contributed by atoms with Gasteiger partial charge in [0.15, 0.2) is 0 Å². The summed E-state index contributed by atoms with van der Waals surface area (Å²) in [5.74, 6) is -0.332. The van der Waals surface area contributed by atoms with Crippen molar-refractivity contribution in [2.24, 2.45) is 0 Å². The maximum atomic E-state index is 13.3. The molecular weight excluding hydrogens is 404 g/mol. The first-order valence-corrected chi connectivity index (χ1v) is 11.1. The molecule has 32 heavy (non-hydrogen) atoms. The molecule has 1 aromatic heterocycles. The standard InChI is InChI=1S/C25H28N4O3/c1-15-9-21-22(10-16(15)2)28(14-26-21)12-20(30)13-29-23(31)25(3,27-24(29)32)19-8-7-17-5-4-6-18(17)11-19/h7-11,14,20,30H,4-6,12-13H2,1-3H3,(H,27,32)/t20-,25-/m1/s1. The van der Waals surface area contributed by atoms with Gasteiger partial charge in [0.1, 0.15) is 5.54 Å². The molecule has 1 aliphatic heterocycles. The van der Waals surface area contributed by atoms with Gasteiger partial charge in [0.05, 0.1) is 36.6 Å². The Balaban J connectivity index is 1.34. The number of imidazole rings is 1. The van der Waals surface area contributed by atoms with Crippen LogP contribution in [0.3, 0.4) is 0 Å². The second-order valence-electron chi connectivity index (χ2n) is 9.28. The van der Waals surface area contributed by atoms with Gasteiger partial charge in [0, 0.05) is 0 Å². The van der Waals surface area contributed by atoms with Gasteiger partial charge in [-0.05, 0) is 80.0 Å². The number of aliphatic hydroxyl groups excluding tert-OH is 1. The molecular formula is C25H28N4O3. The van der Waals surface area contributed by atoms with E-state index in [2.05, 4.69) is 16.4 Å². The number of aliphatic hydroxyl groups is 1. The molecule has 2 aliphatic rings. The number of β-amino-alcohol motifs (C(OH)–C–C–N with tert-alkyl or cyclic N) is 1. The summed E-state index contributed by atoms with van der Waals surface area (Å²) in [6.07, 6.45) is 3.96. The third kappa shape index (κ3) is 3.28. The van der Waals surface area contributed by atoms with Crippen molar-refractivity contribution in [2.75, 3.05) is 6.54 Å². The highest BCUT2D eigenvalue weighted by atomic mass is 16.3. The highest BCUT2D eigenvalue weighted by molar-refractivity contribution is 6.07. The van der Waals surface area contributed by atoms with Gasteiger partial charge >= 0.3 is 6.03 Å². The monoisotopic (exact) mass is 432 g/mol. The second kappa shape index (κ2) is 7.45. The number of rotatable bonds is 5. The third-order valence-corrected chi connectivity index (χ3v) is 6.99. The predicted molar refractivity (Wildman–Crippen MR) is 121 cm³/mol. The van der Waals surface area contributed by atoms with Gasteiger partial charge in [-0.25, -0.2) is 9.78 Å². The Morgan fingerprint density at radius 2 is 1.84 bits per heavy atom. The smallest absolute Gasteiger partial charge is 0.325 e. The number of hydrogen-bond acceptors (Lipinski definition) is 4. The molecule has 0 bridgehead atoms. The zero-order valence-corrected chi connectivity index (χ0v) is 18.7. The second-order valence-corrected chi connectivity index (χ2v) is 9.28. The van der Waals surface area contributed by atoms with Crippen LogP contribution in [0.1, 0.15) is 41.2 Å². The molecule has 0 unspecified atom stereocenters. The SMILES string of the molecule is Cc1cc2ncn(C[C@@H](O)CN3C(=O)N[C@](C)(c4ccc5c(c4)CCC5)C3=O)c2cc1C. The number of amides is 3. The first kappa shape index (κ1) is 20.7. The van der Waals surface area contributed by atoms with Crippen LogP contribution in [0.2, 0.25) is 0 Å². The molecule has 2 atom stereocenters. The van der Waals surface area contributed by atoms with Crippen molar-refractivity contribution in [3.63, 3.8) is 0 Å². The fourth-order valence-corrected chi connectivity index (χ4v) is 4.90. The Labute approximate surface area is 187 Å². The van der Waals surface area contributed by atoms with Gasteiger partial charge in [-0.15, -0.1) is 0 Å². The van der Waals surface area contributed by atoms with Gasteiger partial charge in [-0.1, -0.05) is 18.2 Å². The Hall–Kier alpha value is -3.19. The minimum atomic E-state index is -1.12. The Kier molecular flexibility index (Phi) is 4.82. The molecule has 5 rings (SSSR count). The van der Waals surface area contributed by atoms with E-state index in [1.807, 2.05) is 42.7 Å². The fraction of sp³-hybridized carbons (Fsp3) is 0.400. The van der Waals surface area contributed by atoms with Crippen LogP contribution in [-0.2, 0) is 29.7 Å². The molecule has 3 amide bonds. The number of fused-ring (bicyclic) bond motifs is 2. The van der Waals surface area contributed by atoms with Crippen LogP contribution in [0.25, 0.3) is 11.0 Å². The molecule has 2 N–H and O–H groups in total. The average molecular weight is 433 g/mol. The van der Waals surface area contributed by atoms with Gasteiger partial charge < -0.3 is 15.0 Å². The number of aryl methyl sites for hydroxylation is 4. The number of hydrogen-bond donors (Lipinski definition) is 2. The van der Waals surface area contributed by atoms with Crippen molar-refractivity contribution in [2.45, 2.75) is 58.2 Å². The summed E-state index contributed by atoms with van der Waals surface area (Å²) in [4.78, 5) is 31.5. The zero-order chi connectivity index (χ0) is 22.6. The molecule has 1 saturated heterocycles. The molecule has 0 radical (unpaired) electrons. The van der Waals surface area contributed by atoms with Gasteiger partial charge in [0.25, 0.3) is 5.91 Å². The van der Waals surface area contributed by atoms with Crippen molar-refractivity contribution >= 4 is 23.0 Å². The Morgan fingerprint density at radius 3 is 2.66 bits per heavy atom. The molecule has 2 heterocycles. The number of nitrogens with one attached hydrogen (secondary N) is 1. The summed E-state index contributed by atoms with van der Waals surface area (Å²) in [6, 6.07) is 9.63. The summed E-state index contributed by atoms with van der Waals surface area (Å²) >= 11 is 0. The van der Waals surface area contributed by atoms with E-state index >= 15 is 0 Å². The molecule has 1 fully saturated rings. The van der Waals surface area contributed by atoms with E-state index in [1.165, 1.54) is 11.1 Å². The fourth-order valence-electron chi connectivity index (χ4n) is 4.90. The van der Waals surface area contributed by atoms with Crippen molar-refractivity contribution in [1.29, 1.82) is 0 Å². The van der Waals surface area contributed by atoms with Crippen LogP contribution in [-0.4, -0.2) is 44.1 Å². The largest absolute Gasteiger partial charge is 0.389 e. The average Bonchev–Trinajstić information content (AvgIpc) is 3.43. The summed E-state index contributed by atoms with van der Waals surface area (Å²) in [5, 5.41) is 13.6. The van der Waals surface area contributed by atoms with Crippen molar-refractivity contribution in [1.82, 2.24) is 19.8 Å². The van der Waals surface area contributed by atoms with E-state index in [1.54, 1.807) is 13.3 Å². The molecule has 0 saturated carbocycles. The highest BCUT2D eigenvalue weighted by Gasteiger charge is 2.49. The van der Waals surface area contributed by atoms with E-state index in [4.69, 9.17) is 0 Å². The van der Waals surface area contributed by atoms with Crippen LogP contribution >= 0.6 is 0 Å². The predicted octanol–water partition coefficient (Wildman–Crippen LogP) is 2.97. The summed E-state index contributed by atoms with van der Waals surface area (Å²) in [7, 11) is 0. The lowest BCUT2D eigenvalue weighted by Gasteiger charge is -2.24. The van der Waals surface area contributed by atoms with Crippen LogP contribution in [0.5, 0.6) is 0 Å². The minimum Gasteiger partial charge on any atom is -0.389 e. The van der Waals surface area contributed by atoms with E-state index in [-0.39, 0.29) is 19.0 Å². The Morgan fingerprint density at radius 1 is 1.09 bits per heavy atom. The molecule has 0 spiro atoms. The zero-order valence-electron chi connectivity index (χ0n) is 18.7. The molecule has 1 aliphatic carbocycles. The maximum absolute atomic E-state index is 13.3. The van der Waals surface area contributed by atoms with E-state index in [9.17, 15) is 14.7 Å². The number of urea groups is 1. The lowest BCUT2D eigenvalue weighted by molar-refractivity contribution is -0.132. The normalized spacial score (nSPS) is 21.3. The van der Waals surface area contributed by atoms with Gasteiger partial charge in [0.2, 0.25) is 0 Å². The number of carbonyl (C=O) groups is 2. The van der Waals surface area contributed by atoms with Crippen LogP contribution in [0.15, 0.2) is 36.7 Å². The summed E-state index contributed by atoms with van der Waals surface area (Å²) < 4.78 is 1.87. The van der Waals surface area contributed by atoms with Crippen molar-refractivity contribution in [3.05, 3.63) is 64.5 Å². The summed E-state index contributed by atoms with van der Waals surface area (Å²) in [6.45, 7) is 5.99. The third-order valence-electron chi connectivity index (χ3n) is 6.99.